The van der Waals surface area contributed by atoms with E-state index in [0.29, 0.717) is 5.92 Å². The van der Waals surface area contributed by atoms with Gasteiger partial charge in [-0.2, -0.15) is 0 Å². The molecule has 0 heterocycles. The lowest BCUT2D eigenvalue weighted by molar-refractivity contribution is -0.326. The molecule has 1 aromatic rings. The Morgan fingerprint density at radius 3 is 1.88 bits per heavy atom. The van der Waals surface area contributed by atoms with Crippen molar-refractivity contribution in [3.63, 3.8) is 0 Å². The molecule has 0 N–H and O–H groups in total. The molecule has 0 amide bonds. The zero-order chi connectivity index (χ0) is 23.3. The van der Waals surface area contributed by atoms with E-state index in [4.69, 9.17) is 0 Å². The molecule has 3 aliphatic rings. The lowest BCUT2D eigenvalue weighted by Crippen LogP contribution is -2.53. The predicted molar refractivity (Wildman–Crippen MR) is 135 cm³/mol. The second kappa shape index (κ2) is 11.4. The third-order valence-electron chi connectivity index (χ3n) is 9.96. The molecule has 0 saturated heterocycles. The minimum atomic E-state index is -0.760. The lowest BCUT2D eigenvalue weighted by atomic mass is 9.54. The monoisotopic (exact) mass is 451 g/mol. The van der Waals surface area contributed by atoms with Gasteiger partial charge < -0.3 is 9.90 Å². The number of carboxylic acids is 1. The molecule has 33 heavy (non-hydrogen) atoms. The normalized spacial score (nSPS) is 35.3. The summed E-state index contributed by atoms with van der Waals surface area (Å²) in [6, 6.07) is 9.27. The van der Waals surface area contributed by atoms with E-state index in [1.807, 2.05) is 0 Å². The van der Waals surface area contributed by atoms with Crippen LogP contribution in [0.1, 0.15) is 140 Å². The van der Waals surface area contributed by atoms with Crippen molar-refractivity contribution in [2.75, 3.05) is 0 Å². The van der Waals surface area contributed by atoms with Gasteiger partial charge in [0, 0.05) is 11.4 Å². The van der Waals surface area contributed by atoms with Gasteiger partial charge in [0.15, 0.2) is 0 Å². The summed E-state index contributed by atoms with van der Waals surface area (Å²) < 4.78 is 0. The first-order chi connectivity index (χ1) is 16.1. The van der Waals surface area contributed by atoms with Crippen LogP contribution in [0.5, 0.6) is 0 Å². The van der Waals surface area contributed by atoms with Gasteiger partial charge in [0.25, 0.3) is 0 Å². The Labute approximate surface area is 202 Å². The Bertz CT molecular complexity index is 737. The summed E-state index contributed by atoms with van der Waals surface area (Å²) in [5, 5.41) is 12.9. The Morgan fingerprint density at radius 2 is 1.33 bits per heavy atom. The summed E-state index contributed by atoms with van der Waals surface area (Å²) in [4.78, 5) is 12.9. The van der Waals surface area contributed by atoms with Crippen LogP contribution >= 0.6 is 0 Å². The second-order valence-corrected chi connectivity index (χ2v) is 11.8. The maximum atomic E-state index is 12.9. The minimum Gasteiger partial charge on any atom is -0.550 e. The summed E-state index contributed by atoms with van der Waals surface area (Å²) >= 11 is 0. The topological polar surface area (TPSA) is 40.1 Å². The number of hydrogen-bond acceptors (Lipinski definition) is 2. The van der Waals surface area contributed by atoms with E-state index in [-0.39, 0.29) is 11.8 Å². The Morgan fingerprint density at radius 1 is 0.788 bits per heavy atom. The van der Waals surface area contributed by atoms with E-state index < -0.39 is 11.4 Å². The van der Waals surface area contributed by atoms with Gasteiger partial charge >= 0.3 is 0 Å². The molecule has 0 spiro atoms. The fraction of sp³-hybridized carbons (Fsp3) is 0.774. The number of carboxylic acid groups (broad SMARTS) is 1. The highest BCUT2D eigenvalue weighted by molar-refractivity contribution is 5.75. The van der Waals surface area contributed by atoms with Crippen LogP contribution in [0, 0.1) is 23.2 Å². The maximum Gasteiger partial charge on any atom is 0.0485 e. The average molecular weight is 452 g/mol. The van der Waals surface area contributed by atoms with Crippen LogP contribution < -0.4 is 5.11 Å². The molecule has 2 atom stereocenters. The maximum absolute atomic E-state index is 12.9. The molecular formula is C31H47O2-. The van der Waals surface area contributed by atoms with Crippen LogP contribution in [0.3, 0.4) is 0 Å². The molecule has 3 saturated carbocycles. The molecule has 0 radical (unpaired) electrons. The van der Waals surface area contributed by atoms with E-state index in [0.717, 1.165) is 50.4 Å². The molecule has 3 aliphatic carbocycles. The molecule has 0 aliphatic heterocycles. The van der Waals surface area contributed by atoms with Gasteiger partial charge in [-0.1, -0.05) is 89.5 Å². The van der Waals surface area contributed by atoms with Crippen molar-refractivity contribution in [3.05, 3.63) is 35.4 Å². The van der Waals surface area contributed by atoms with Crippen LogP contribution in [-0.4, -0.2) is 5.97 Å². The van der Waals surface area contributed by atoms with E-state index >= 15 is 0 Å². The summed E-state index contributed by atoms with van der Waals surface area (Å²) in [6.07, 6.45) is 19.2. The Kier molecular flexibility index (Phi) is 8.58. The molecular weight excluding hydrogens is 404 g/mol. The van der Waals surface area contributed by atoms with Crippen molar-refractivity contribution in [3.8, 4) is 0 Å². The van der Waals surface area contributed by atoms with Gasteiger partial charge in [-0.25, -0.2) is 0 Å². The first-order valence-corrected chi connectivity index (χ1v) is 14.4. The first kappa shape index (κ1) is 24.8. The van der Waals surface area contributed by atoms with Crippen molar-refractivity contribution < 1.29 is 9.90 Å². The zero-order valence-corrected chi connectivity index (χ0v) is 21.3. The van der Waals surface area contributed by atoms with Gasteiger partial charge in [-0.3, -0.25) is 0 Å². The standard InChI is InChI=1S/C31H48O2/c1-3-7-23-10-14-25(15-11-23)26-16-18-27(19-17-26)29-9-5-6-22-31(29,30(32)33)28-20-12-24(8-4-2)13-21-28/h16-19,23-25,28-29H,3-15,20-22H2,1-2H3,(H,32,33)/p-1. The number of rotatable bonds is 8. The van der Waals surface area contributed by atoms with Gasteiger partial charge in [0.2, 0.25) is 0 Å². The van der Waals surface area contributed by atoms with Crippen molar-refractivity contribution in [2.24, 2.45) is 23.2 Å². The first-order valence-electron chi connectivity index (χ1n) is 14.4. The number of aliphatic carboxylic acids is 1. The quantitative estimate of drug-likeness (QED) is 0.405. The van der Waals surface area contributed by atoms with Crippen LogP contribution in [0.15, 0.2) is 24.3 Å². The van der Waals surface area contributed by atoms with Crippen LogP contribution in [0.4, 0.5) is 0 Å². The minimum absolute atomic E-state index is 0.123. The van der Waals surface area contributed by atoms with Crippen molar-refractivity contribution in [1.29, 1.82) is 0 Å². The summed E-state index contributed by atoms with van der Waals surface area (Å²) in [6.45, 7) is 4.58. The molecule has 0 aromatic heterocycles. The molecule has 2 heteroatoms. The van der Waals surface area contributed by atoms with Crippen molar-refractivity contribution >= 4 is 5.97 Å². The highest BCUT2D eigenvalue weighted by atomic mass is 16.4. The molecule has 0 bridgehead atoms. The van der Waals surface area contributed by atoms with Crippen LogP contribution in [0.25, 0.3) is 0 Å². The summed E-state index contributed by atoms with van der Waals surface area (Å²) in [5.41, 5.74) is 2.08. The molecule has 184 valence electrons. The highest BCUT2D eigenvalue weighted by Crippen LogP contribution is 2.56. The highest BCUT2D eigenvalue weighted by Gasteiger charge is 2.49. The second-order valence-electron chi connectivity index (χ2n) is 11.8. The van der Waals surface area contributed by atoms with E-state index in [9.17, 15) is 9.90 Å². The molecule has 4 rings (SSSR count). The van der Waals surface area contributed by atoms with Crippen LogP contribution in [0.2, 0.25) is 0 Å². The van der Waals surface area contributed by atoms with E-state index in [2.05, 4.69) is 38.1 Å². The number of hydrogen-bond donors (Lipinski definition) is 0. The SMILES string of the molecule is CCCC1CCC(c2ccc(C3CCCCC3(C(=O)[O-])C3CCC(CCC)CC3)cc2)CC1. The fourth-order valence-corrected chi connectivity index (χ4v) is 8.13. The number of carbonyl (C=O) groups excluding carboxylic acids is 1. The fourth-order valence-electron chi connectivity index (χ4n) is 8.13. The van der Waals surface area contributed by atoms with E-state index in [1.54, 1.807) is 0 Å². The molecule has 2 unspecified atom stereocenters. The number of benzene rings is 1. The third-order valence-corrected chi connectivity index (χ3v) is 9.96. The Balaban J connectivity index is 1.49. The lowest BCUT2D eigenvalue weighted by Gasteiger charge is -2.52. The summed E-state index contributed by atoms with van der Waals surface area (Å²) in [5.74, 6) is 2.08. The Hall–Kier alpha value is -1.31. The smallest absolute Gasteiger partial charge is 0.0485 e. The third kappa shape index (κ3) is 5.35. The summed E-state index contributed by atoms with van der Waals surface area (Å²) in [7, 11) is 0. The van der Waals surface area contributed by atoms with Gasteiger partial charge in [0.1, 0.15) is 0 Å². The zero-order valence-electron chi connectivity index (χ0n) is 21.3. The van der Waals surface area contributed by atoms with Crippen molar-refractivity contribution in [1.82, 2.24) is 0 Å². The van der Waals surface area contributed by atoms with Gasteiger partial charge in [-0.15, -0.1) is 0 Å². The predicted octanol–water partition coefficient (Wildman–Crippen LogP) is 7.76. The number of carbonyl (C=O) groups is 1. The van der Waals surface area contributed by atoms with E-state index in [1.165, 1.54) is 75.3 Å². The van der Waals surface area contributed by atoms with Gasteiger partial charge in [-0.05, 0) is 92.1 Å². The average Bonchev–Trinajstić information content (AvgIpc) is 2.85. The van der Waals surface area contributed by atoms with Crippen LogP contribution in [-0.2, 0) is 4.79 Å². The van der Waals surface area contributed by atoms with Crippen molar-refractivity contribution in [2.45, 2.75) is 128 Å². The largest absolute Gasteiger partial charge is 0.550 e. The molecule has 2 nitrogen and oxygen atoms in total. The molecule has 3 fully saturated rings. The molecule has 1 aromatic carbocycles. The van der Waals surface area contributed by atoms with Gasteiger partial charge in [0.05, 0.1) is 0 Å².